The highest BCUT2D eigenvalue weighted by Crippen LogP contribution is 2.08. The second-order valence-corrected chi connectivity index (χ2v) is 7.12. The molecule has 0 radical (unpaired) electrons. The molecule has 0 aromatic carbocycles. The summed E-state index contributed by atoms with van der Waals surface area (Å²) in [7, 11) is 0. The Morgan fingerprint density at radius 2 is 1.43 bits per heavy atom. The number of morpholine rings is 2. The summed E-state index contributed by atoms with van der Waals surface area (Å²) in [6.45, 7) is 20.8. The third-order valence-corrected chi connectivity index (χ3v) is 3.83. The van der Waals surface area contributed by atoms with Gasteiger partial charge in [0.15, 0.2) is 0 Å². The zero-order chi connectivity index (χ0) is 15.7. The van der Waals surface area contributed by atoms with Crippen LogP contribution in [0.5, 0.6) is 0 Å². The highest BCUT2D eigenvalue weighted by Gasteiger charge is 2.18. The maximum Gasteiger partial charge on any atom is 0.0619 e. The maximum absolute atomic E-state index is 5.35. The lowest BCUT2D eigenvalue weighted by atomic mass is 10.1. The Kier molecular flexibility index (Phi) is 9.49. The van der Waals surface area contributed by atoms with E-state index in [4.69, 9.17) is 9.47 Å². The first-order chi connectivity index (χ1) is 9.99. The maximum atomic E-state index is 5.35. The molecule has 4 heteroatoms. The summed E-state index contributed by atoms with van der Waals surface area (Å²) in [5.74, 6) is 1.56. The topological polar surface area (TPSA) is 24.9 Å². The molecule has 0 bridgehead atoms. The molecule has 21 heavy (non-hydrogen) atoms. The Morgan fingerprint density at radius 1 is 0.857 bits per heavy atom. The van der Waals surface area contributed by atoms with Gasteiger partial charge in [0.1, 0.15) is 0 Å². The van der Waals surface area contributed by atoms with E-state index < -0.39 is 0 Å². The van der Waals surface area contributed by atoms with Crippen molar-refractivity contribution in [3.05, 3.63) is 0 Å². The monoisotopic (exact) mass is 300 g/mol. The van der Waals surface area contributed by atoms with Crippen molar-refractivity contribution in [1.29, 1.82) is 0 Å². The zero-order valence-corrected chi connectivity index (χ0v) is 14.8. The van der Waals surface area contributed by atoms with E-state index in [0.29, 0.717) is 6.04 Å². The fraction of sp³-hybridized carbons (Fsp3) is 1.00. The fourth-order valence-electron chi connectivity index (χ4n) is 2.80. The molecule has 2 fully saturated rings. The SMILES string of the molecule is CC(C)CN1CCOCC1.CC(C)CN1CCOCC1C. The smallest absolute Gasteiger partial charge is 0.0619 e. The van der Waals surface area contributed by atoms with Crippen LogP contribution in [-0.4, -0.2) is 75.0 Å². The molecule has 2 aliphatic heterocycles. The van der Waals surface area contributed by atoms with Gasteiger partial charge in [-0.25, -0.2) is 0 Å². The van der Waals surface area contributed by atoms with Gasteiger partial charge in [0.05, 0.1) is 26.4 Å². The van der Waals surface area contributed by atoms with Crippen molar-refractivity contribution in [2.75, 3.05) is 59.2 Å². The molecule has 0 N–H and O–H groups in total. The number of rotatable bonds is 4. The van der Waals surface area contributed by atoms with Crippen molar-refractivity contribution in [2.24, 2.45) is 11.8 Å². The van der Waals surface area contributed by atoms with E-state index >= 15 is 0 Å². The van der Waals surface area contributed by atoms with Gasteiger partial charge < -0.3 is 9.47 Å². The molecule has 0 aromatic heterocycles. The van der Waals surface area contributed by atoms with E-state index in [2.05, 4.69) is 44.4 Å². The lowest BCUT2D eigenvalue weighted by Crippen LogP contribution is -2.45. The van der Waals surface area contributed by atoms with Gasteiger partial charge in [-0.05, 0) is 18.8 Å². The van der Waals surface area contributed by atoms with Gasteiger partial charge in [0.25, 0.3) is 0 Å². The lowest BCUT2D eigenvalue weighted by Gasteiger charge is -2.34. The average Bonchev–Trinajstić information content (AvgIpc) is 2.42. The van der Waals surface area contributed by atoms with Crippen LogP contribution in [0.15, 0.2) is 0 Å². The minimum atomic E-state index is 0.617. The highest BCUT2D eigenvalue weighted by molar-refractivity contribution is 4.71. The second-order valence-electron chi connectivity index (χ2n) is 7.12. The van der Waals surface area contributed by atoms with Crippen LogP contribution in [0.3, 0.4) is 0 Å². The number of ether oxygens (including phenoxy) is 2. The molecule has 0 spiro atoms. The predicted molar refractivity (Wildman–Crippen MR) is 88.8 cm³/mol. The summed E-state index contributed by atoms with van der Waals surface area (Å²) in [4.78, 5) is 4.97. The van der Waals surface area contributed by atoms with Gasteiger partial charge in [0.2, 0.25) is 0 Å². The summed E-state index contributed by atoms with van der Waals surface area (Å²) in [6, 6.07) is 0.617. The molecular weight excluding hydrogens is 264 g/mol. The van der Waals surface area contributed by atoms with Crippen molar-refractivity contribution >= 4 is 0 Å². The zero-order valence-electron chi connectivity index (χ0n) is 14.8. The largest absolute Gasteiger partial charge is 0.379 e. The summed E-state index contributed by atoms with van der Waals surface area (Å²) >= 11 is 0. The first kappa shape index (κ1) is 18.9. The van der Waals surface area contributed by atoms with E-state index in [1.54, 1.807) is 0 Å². The van der Waals surface area contributed by atoms with E-state index in [0.717, 1.165) is 57.9 Å². The van der Waals surface area contributed by atoms with Gasteiger partial charge >= 0.3 is 0 Å². The molecule has 0 amide bonds. The van der Waals surface area contributed by atoms with Crippen LogP contribution in [0.4, 0.5) is 0 Å². The highest BCUT2D eigenvalue weighted by atomic mass is 16.5. The van der Waals surface area contributed by atoms with Gasteiger partial charge in [-0.3, -0.25) is 9.80 Å². The standard InChI is InChI=1S/C9H19NO.C8H17NO/c1-8(2)6-10-4-5-11-7-9(10)3;1-8(2)7-9-3-5-10-6-4-9/h8-9H,4-7H2,1-3H3;8H,3-7H2,1-2H3. The Balaban J connectivity index is 0.000000211. The molecule has 2 saturated heterocycles. The lowest BCUT2D eigenvalue weighted by molar-refractivity contribution is -0.00517. The number of hydrogen-bond donors (Lipinski definition) is 0. The van der Waals surface area contributed by atoms with Gasteiger partial charge in [-0.2, -0.15) is 0 Å². The van der Waals surface area contributed by atoms with Gasteiger partial charge in [-0.1, -0.05) is 27.7 Å². The average molecular weight is 300 g/mol. The number of nitrogens with zero attached hydrogens (tertiary/aromatic N) is 2. The molecule has 4 nitrogen and oxygen atoms in total. The second kappa shape index (κ2) is 10.5. The molecule has 2 aliphatic rings. The van der Waals surface area contributed by atoms with E-state index in [1.807, 2.05) is 0 Å². The van der Waals surface area contributed by atoms with Gasteiger partial charge in [0, 0.05) is 38.8 Å². The van der Waals surface area contributed by atoms with Crippen LogP contribution >= 0.6 is 0 Å². The Bertz CT molecular complexity index is 253. The van der Waals surface area contributed by atoms with Crippen LogP contribution in [0.2, 0.25) is 0 Å². The van der Waals surface area contributed by atoms with Crippen molar-refractivity contribution in [3.63, 3.8) is 0 Å². The normalized spacial score (nSPS) is 25.0. The van der Waals surface area contributed by atoms with Crippen LogP contribution in [0.25, 0.3) is 0 Å². The predicted octanol–water partition coefficient (Wildman–Crippen LogP) is 2.34. The molecule has 0 aromatic rings. The minimum Gasteiger partial charge on any atom is -0.379 e. The Morgan fingerprint density at radius 3 is 1.95 bits per heavy atom. The van der Waals surface area contributed by atoms with E-state index in [9.17, 15) is 0 Å². The quantitative estimate of drug-likeness (QED) is 0.795. The summed E-state index contributed by atoms with van der Waals surface area (Å²) in [6.07, 6.45) is 0. The Hall–Kier alpha value is -0.160. The van der Waals surface area contributed by atoms with E-state index in [-0.39, 0.29) is 0 Å². The van der Waals surface area contributed by atoms with Gasteiger partial charge in [-0.15, -0.1) is 0 Å². The molecule has 0 aliphatic carbocycles. The van der Waals surface area contributed by atoms with Crippen LogP contribution in [-0.2, 0) is 9.47 Å². The van der Waals surface area contributed by atoms with Crippen LogP contribution < -0.4 is 0 Å². The summed E-state index contributed by atoms with van der Waals surface area (Å²) in [5, 5.41) is 0. The summed E-state index contributed by atoms with van der Waals surface area (Å²) in [5.41, 5.74) is 0. The first-order valence-electron chi connectivity index (χ1n) is 8.61. The van der Waals surface area contributed by atoms with Crippen molar-refractivity contribution in [2.45, 2.75) is 40.7 Å². The molecule has 0 saturated carbocycles. The van der Waals surface area contributed by atoms with Crippen molar-refractivity contribution in [3.8, 4) is 0 Å². The van der Waals surface area contributed by atoms with Crippen LogP contribution in [0, 0.1) is 11.8 Å². The molecule has 1 atom stereocenters. The first-order valence-corrected chi connectivity index (χ1v) is 8.61. The molecule has 1 unspecified atom stereocenters. The fourth-order valence-corrected chi connectivity index (χ4v) is 2.80. The third-order valence-electron chi connectivity index (χ3n) is 3.83. The minimum absolute atomic E-state index is 0.617. The van der Waals surface area contributed by atoms with Crippen LogP contribution in [0.1, 0.15) is 34.6 Å². The third kappa shape index (κ3) is 8.77. The van der Waals surface area contributed by atoms with Crippen molar-refractivity contribution in [1.82, 2.24) is 9.80 Å². The molecule has 2 rings (SSSR count). The molecule has 2 heterocycles. The van der Waals surface area contributed by atoms with E-state index in [1.165, 1.54) is 13.1 Å². The Labute approximate surface area is 131 Å². The van der Waals surface area contributed by atoms with Crippen molar-refractivity contribution < 1.29 is 9.47 Å². The summed E-state index contributed by atoms with van der Waals surface area (Å²) < 4.78 is 10.6. The molecular formula is C17H36N2O2. The molecule has 126 valence electrons. The number of hydrogen-bond acceptors (Lipinski definition) is 4.